The van der Waals surface area contributed by atoms with Crippen molar-refractivity contribution in [3.8, 4) is 0 Å². The molecule has 0 bridgehead atoms. The SMILES string of the molecule is Cc1cc(C(F)(F)F)nn1C(C)C(=O)Nc1nnc(C2CC2)s1. The fraction of sp³-hybridized carbons (Fsp3) is 0.538. The summed E-state index contributed by atoms with van der Waals surface area (Å²) in [5.74, 6) is -0.0540. The number of anilines is 1. The number of halogens is 3. The smallest absolute Gasteiger partial charge is 0.299 e. The molecule has 0 radical (unpaired) electrons. The fourth-order valence-electron chi connectivity index (χ4n) is 2.12. The monoisotopic (exact) mass is 345 g/mol. The number of hydrogen-bond donors (Lipinski definition) is 1. The van der Waals surface area contributed by atoms with Crippen LogP contribution in [-0.2, 0) is 11.0 Å². The highest BCUT2D eigenvalue weighted by Gasteiger charge is 2.35. The van der Waals surface area contributed by atoms with Crippen LogP contribution in [0.4, 0.5) is 18.3 Å². The van der Waals surface area contributed by atoms with E-state index in [4.69, 9.17) is 0 Å². The van der Waals surface area contributed by atoms with Gasteiger partial charge in [0.2, 0.25) is 5.13 Å². The zero-order valence-corrected chi connectivity index (χ0v) is 13.2. The Balaban J connectivity index is 1.72. The van der Waals surface area contributed by atoms with Gasteiger partial charge >= 0.3 is 6.18 Å². The van der Waals surface area contributed by atoms with E-state index in [9.17, 15) is 18.0 Å². The van der Waals surface area contributed by atoms with E-state index >= 15 is 0 Å². The highest BCUT2D eigenvalue weighted by Crippen LogP contribution is 2.42. The standard InChI is InChI=1S/C13H14F3N5OS/c1-6-5-9(13(14,15)16)20-21(6)7(2)10(22)17-12-19-18-11(23-12)8-3-4-8/h5,7-8H,3-4H2,1-2H3,(H,17,19,22). The Labute approximate surface area is 133 Å². The molecule has 1 saturated carbocycles. The molecule has 2 aromatic heterocycles. The van der Waals surface area contributed by atoms with E-state index in [0.717, 1.165) is 28.6 Å². The van der Waals surface area contributed by atoms with Gasteiger partial charge in [-0.05, 0) is 32.8 Å². The third-order valence-electron chi connectivity index (χ3n) is 3.56. The van der Waals surface area contributed by atoms with E-state index in [1.54, 1.807) is 0 Å². The van der Waals surface area contributed by atoms with Crippen molar-refractivity contribution in [1.82, 2.24) is 20.0 Å². The molecule has 2 heterocycles. The van der Waals surface area contributed by atoms with E-state index in [1.165, 1.54) is 25.2 Å². The molecular formula is C13H14F3N5OS. The number of aryl methyl sites for hydroxylation is 1. The van der Waals surface area contributed by atoms with E-state index in [-0.39, 0.29) is 5.69 Å². The van der Waals surface area contributed by atoms with E-state index in [2.05, 4.69) is 20.6 Å². The van der Waals surface area contributed by atoms with Gasteiger partial charge in [-0.1, -0.05) is 11.3 Å². The van der Waals surface area contributed by atoms with Crippen molar-refractivity contribution in [2.24, 2.45) is 0 Å². The molecule has 23 heavy (non-hydrogen) atoms. The molecule has 0 aliphatic heterocycles. The highest BCUT2D eigenvalue weighted by atomic mass is 32.1. The van der Waals surface area contributed by atoms with Crippen LogP contribution in [0.25, 0.3) is 0 Å². The number of nitrogens with one attached hydrogen (secondary N) is 1. The Kier molecular flexibility index (Phi) is 3.86. The molecule has 1 atom stereocenters. The zero-order chi connectivity index (χ0) is 16.8. The quantitative estimate of drug-likeness (QED) is 0.924. The Morgan fingerprint density at radius 3 is 2.70 bits per heavy atom. The first kappa shape index (κ1) is 15.9. The van der Waals surface area contributed by atoms with Gasteiger partial charge in [0.15, 0.2) is 5.69 Å². The van der Waals surface area contributed by atoms with Gasteiger partial charge in [-0.25, -0.2) is 0 Å². The lowest BCUT2D eigenvalue weighted by molar-refractivity contribution is -0.141. The van der Waals surface area contributed by atoms with Crippen molar-refractivity contribution in [1.29, 1.82) is 0 Å². The number of carbonyl (C=O) groups is 1. The highest BCUT2D eigenvalue weighted by molar-refractivity contribution is 7.15. The van der Waals surface area contributed by atoms with Crippen molar-refractivity contribution in [2.75, 3.05) is 5.32 Å². The molecule has 0 spiro atoms. The van der Waals surface area contributed by atoms with Crippen molar-refractivity contribution in [2.45, 2.75) is 44.8 Å². The Morgan fingerprint density at radius 1 is 1.43 bits per heavy atom. The molecule has 1 fully saturated rings. The lowest BCUT2D eigenvalue weighted by atomic mass is 10.3. The second kappa shape index (κ2) is 5.59. The second-order valence-electron chi connectivity index (χ2n) is 5.50. The lowest BCUT2D eigenvalue weighted by Crippen LogP contribution is -2.25. The van der Waals surface area contributed by atoms with Crippen LogP contribution < -0.4 is 5.32 Å². The number of alkyl halides is 3. The molecular weight excluding hydrogens is 331 g/mol. The summed E-state index contributed by atoms with van der Waals surface area (Å²) in [6.45, 7) is 2.96. The Hall–Kier alpha value is -1.97. The molecule has 10 heteroatoms. The van der Waals surface area contributed by atoms with Gasteiger partial charge in [-0.15, -0.1) is 10.2 Å². The third-order valence-corrected chi connectivity index (χ3v) is 4.56. The maximum atomic E-state index is 12.7. The molecule has 1 aliphatic rings. The Morgan fingerprint density at radius 2 is 2.13 bits per heavy atom. The van der Waals surface area contributed by atoms with E-state index in [0.29, 0.717) is 11.0 Å². The number of nitrogens with zero attached hydrogens (tertiary/aromatic N) is 4. The van der Waals surface area contributed by atoms with Crippen molar-refractivity contribution < 1.29 is 18.0 Å². The molecule has 6 nitrogen and oxygen atoms in total. The first-order valence-corrected chi connectivity index (χ1v) is 7.85. The van der Waals surface area contributed by atoms with Crippen LogP contribution in [0, 0.1) is 6.92 Å². The third kappa shape index (κ3) is 3.36. The van der Waals surface area contributed by atoms with Crippen LogP contribution in [0.2, 0.25) is 0 Å². The van der Waals surface area contributed by atoms with Crippen molar-refractivity contribution >= 4 is 22.4 Å². The molecule has 1 N–H and O–H groups in total. The predicted molar refractivity (Wildman–Crippen MR) is 77.2 cm³/mol. The fourth-order valence-corrected chi connectivity index (χ4v) is 3.04. The summed E-state index contributed by atoms with van der Waals surface area (Å²) in [6.07, 6.45) is -2.39. The molecule has 124 valence electrons. The summed E-state index contributed by atoms with van der Waals surface area (Å²) < 4.78 is 39.1. The average molecular weight is 345 g/mol. The van der Waals surface area contributed by atoms with Crippen molar-refractivity contribution in [3.63, 3.8) is 0 Å². The maximum absolute atomic E-state index is 12.7. The largest absolute Gasteiger partial charge is 0.435 e. The van der Waals surface area contributed by atoms with Crippen LogP contribution in [0.15, 0.2) is 6.07 Å². The summed E-state index contributed by atoms with van der Waals surface area (Å²) >= 11 is 1.29. The van der Waals surface area contributed by atoms with Crippen LogP contribution in [0.3, 0.4) is 0 Å². The van der Waals surface area contributed by atoms with Gasteiger partial charge in [0.25, 0.3) is 5.91 Å². The van der Waals surface area contributed by atoms with Gasteiger partial charge in [-0.3, -0.25) is 14.8 Å². The molecule has 3 rings (SSSR count). The summed E-state index contributed by atoms with van der Waals surface area (Å²) in [4.78, 5) is 12.2. The van der Waals surface area contributed by atoms with E-state index < -0.39 is 23.8 Å². The molecule has 0 aromatic carbocycles. The van der Waals surface area contributed by atoms with Crippen molar-refractivity contribution in [3.05, 3.63) is 22.5 Å². The molecule has 1 amide bonds. The number of hydrogen-bond acceptors (Lipinski definition) is 5. The number of carbonyl (C=O) groups excluding carboxylic acids is 1. The van der Waals surface area contributed by atoms with Gasteiger partial charge in [-0.2, -0.15) is 18.3 Å². The van der Waals surface area contributed by atoms with E-state index in [1.807, 2.05) is 0 Å². The summed E-state index contributed by atoms with van der Waals surface area (Å²) in [5, 5.41) is 15.2. The maximum Gasteiger partial charge on any atom is 0.435 e. The summed E-state index contributed by atoms with van der Waals surface area (Å²) in [5.41, 5.74) is -0.752. The minimum Gasteiger partial charge on any atom is -0.299 e. The molecule has 1 aliphatic carbocycles. The van der Waals surface area contributed by atoms with Gasteiger partial charge in [0, 0.05) is 11.6 Å². The minimum atomic E-state index is -4.54. The summed E-state index contributed by atoms with van der Waals surface area (Å²) in [6, 6.07) is 0.0271. The number of aromatic nitrogens is 4. The van der Waals surface area contributed by atoms with Crippen LogP contribution in [0.1, 0.15) is 48.1 Å². The molecule has 1 unspecified atom stereocenters. The topological polar surface area (TPSA) is 72.7 Å². The Bertz CT molecular complexity index is 734. The van der Waals surface area contributed by atoms with Gasteiger partial charge in [0.05, 0.1) is 0 Å². The zero-order valence-electron chi connectivity index (χ0n) is 12.4. The van der Waals surface area contributed by atoms with Gasteiger partial charge in [0.1, 0.15) is 11.0 Å². The minimum absolute atomic E-state index is 0.260. The first-order valence-electron chi connectivity index (χ1n) is 7.03. The number of amides is 1. The average Bonchev–Trinajstić information content (AvgIpc) is 3.08. The normalized spacial score (nSPS) is 16.4. The molecule has 0 saturated heterocycles. The number of rotatable bonds is 4. The lowest BCUT2D eigenvalue weighted by Gasteiger charge is -2.13. The van der Waals surface area contributed by atoms with Gasteiger partial charge < -0.3 is 0 Å². The second-order valence-corrected chi connectivity index (χ2v) is 6.51. The molecule has 2 aromatic rings. The first-order chi connectivity index (χ1) is 10.8. The predicted octanol–water partition coefficient (Wildman–Crippen LogP) is 3.14. The van der Waals surface area contributed by atoms with Crippen LogP contribution >= 0.6 is 11.3 Å². The van der Waals surface area contributed by atoms with Crippen LogP contribution in [0.5, 0.6) is 0 Å². The van der Waals surface area contributed by atoms with Crippen LogP contribution in [-0.4, -0.2) is 25.9 Å². The summed E-state index contributed by atoms with van der Waals surface area (Å²) in [7, 11) is 0.